The summed E-state index contributed by atoms with van der Waals surface area (Å²) in [4.78, 5) is 0. The van der Waals surface area contributed by atoms with E-state index in [1.54, 1.807) is 0 Å². The Labute approximate surface area is 193 Å². The molecule has 0 aromatic heterocycles. The van der Waals surface area contributed by atoms with Crippen LogP contribution in [0.5, 0.6) is 0 Å². The molecule has 0 saturated carbocycles. The lowest BCUT2D eigenvalue weighted by Gasteiger charge is -2.03. The van der Waals surface area contributed by atoms with Crippen molar-refractivity contribution in [2.24, 2.45) is 0 Å². The summed E-state index contributed by atoms with van der Waals surface area (Å²) in [6, 6.07) is 0. The Balaban J connectivity index is 3.05. The zero-order valence-electron chi connectivity index (χ0n) is 21.2. The number of hydrogen-bond acceptors (Lipinski definition) is 0. The fourth-order valence-corrected chi connectivity index (χ4v) is 4.37. The Kier molecular flexibility index (Phi) is 28.5. The first kappa shape index (κ1) is 29.7. The fraction of sp³-hybridized carbons (Fsp3) is 0.900. The van der Waals surface area contributed by atoms with Crippen molar-refractivity contribution in [3.05, 3.63) is 19.1 Å². The molecule has 0 aromatic rings. The van der Waals surface area contributed by atoms with Crippen LogP contribution in [-0.4, -0.2) is 0 Å². The minimum atomic E-state index is 1.12. The smallest absolute Gasteiger partial charge is 0.0351 e. The van der Waals surface area contributed by atoms with Gasteiger partial charge in [-0.1, -0.05) is 167 Å². The highest BCUT2D eigenvalue weighted by molar-refractivity contribution is 4.81. The summed E-state index contributed by atoms with van der Waals surface area (Å²) < 4.78 is 0. The predicted octanol–water partition coefficient (Wildman–Crippen LogP) is 11.5. The van der Waals surface area contributed by atoms with Crippen LogP contribution in [-0.2, 0) is 0 Å². The van der Waals surface area contributed by atoms with Crippen LogP contribution >= 0.6 is 0 Å². The predicted molar refractivity (Wildman–Crippen MR) is 140 cm³/mol. The molecule has 0 aliphatic carbocycles. The molecule has 0 unspecified atom stereocenters. The second-order valence-electron chi connectivity index (χ2n) is 9.68. The average molecular weight is 420 g/mol. The Hall–Kier alpha value is -0.260. The van der Waals surface area contributed by atoms with E-state index in [-0.39, 0.29) is 0 Å². The molecule has 0 amide bonds. The summed E-state index contributed by atoms with van der Waals surface area (Å²) in [5.41, 5.74) is 0. The van der Waals surface area contributed by atoms with E-state index in [0.29, 0.717) is 0 Å². The minimum absolute atomic E-state index is 1.12. The minimum Gasteiger partial charge on any atom is -0.0885 e. The van der Waals surface area contributed by atoms with E-state index in [0.717, 1.165) is 6.42 Å². The van der Waals surface area contributed by atoms with Gasteiger partial charge in [-0.25, -0.2) is 0 Å². The third-order valence-corrected chi connectivity index (χ3v) is 6.51. The van der Waals surface area contributed by atoms with Gasteiger partial charge in [0.1, 0.15) is 0 Å². The first-order valence-corrected chi connectivity index (χ1v) is 14.4. The van der Waals surface area contributed by atoms with Gasteiger partial charge in [0, 0.05) is 0 Å². The van der Waals surface area contributed by atoms with Crippen molar-refractivity contribution in [2.75, 3.05) is 0 Å². The molecule has 0 aliphatic rings. The molecule has 179 valence electrons. The first-order chi connectivity index (χ1) is 14.9. The van der Waals surface area contributed by atoms with E-state index >= 15 is 0 Å². The summed E-state index contributed by atoms with van der Waals surface area (Å²) in [6.45, 7) is 6.21. The van der Waals surface area contributed by atoms with Gasteiger partial charge in [-0.05, 0) is 25.7 Å². The van der Waals surface area contributed by atoms with E-state index in [2.05, 4.69) is 26.0 Å². The van der Waals surface area contributed by atoms with Crippen LogP contribution in [0.4, 0.5) is 0 Å². The molecule has 0 heteroatoms. The largest absolute Gasteiger partial charge is 0.0885 e. The lowest BCUT2D eigenvalue weighted by molar-refractivity contribution is 0.531. The zero-order chi connectivity index (χ0) is 21.8. The molecular formula is C30H59. The molecule has 0 nitrogen and oxygen atoms in total. The third-order valence-electron chi connectivity index (χ3n) is 6.51. The number of hydrogen-bond donors (Lipinski definition) is 0. The Morgan fingerprint density at radius 3 is 0.933 bits per heavy atom. The van der Waals surface area contributed by atoms with Crippen LogP contribution in [0.1, 0.15) is 174 Å². The van der Waals surface area contributed by atoms with Gasteiger partial charge < -0.3 is 0 Å². The van der Waals surface area contributed by atoms with Gasteiger partial charge in [-0.2, -0.15) is 0 Å². The standard InChI is InChI=1S/C30H59/c1-3-5-7-9-11-13-15-17-19-21-23-25-27-29-30-28-26-24-22-20-18-16-14-12-10-8-6-4-2/h22,24H,1,3-21,23,25-30H2,2H3/b24-22+. The van der Waals surface area contributed by atoms with Crippen molar-refractivity contribution >= 4 is 0 Å². The Morgan fingerprint density at radius 1 is 0.367 bits per heavy atom. The van der Waals surface area contributed by atoms with Gasteiger partial charge in [0.05, 0.1) is 0 Å². The summed E-state index contributed by atoms with van der Waals surface area (Å²) in [6.07, 6.45) is 41.8. The topological polar surface area (TPSA) is 0 Å². The highest BCUT2D eigenvalue weighted by Gasteiger charge is 1.94. The summed E-state index contributed by atoms with van der Waals surface area (Å²) in [7, 11) is 0. The summed E-state index contributed by atoms with van der Waals surface area (Å²) >= 11 is 0. The van der Waals surface area contributed by atoms with Crippen molar-refractivity contribution in [3.63, 3.8) is 0 Å². The normalized spacial score (nSPS) is 11.7. The third kappa shape index (κ3) is 27.7. The second-order valence-corrected chi connectivity index (χ2v) is 9.68. The molecule has 0 spiro atoms. The molecule has 1 radical (unpaired) electrons. The van der Waals surface area contributed by atoms with Gasteiger partial charge in [0.2, 0.25) is 0 Å². The van der Waals surface area contributed by atoms with Gasteiger partial charge >= 0.3 is 0 Å². The highest BCUT2D eigenvalue weighted by atomic mass is 14.0. The maximum atomic E-state index is 3.92. The van der Waals surface area contributed by atoms with Gasteiger partial charge in [-0.15, -0.1) is 0 Å². The highest BCUT2D eigenvalue weighted by Crippen LogP contribution is 2.14. The molecule has 0 fully saturated rings. The first-order valence-electron chi connectivity index (χ1n) is 14.4. The molecule has 0 N–H and O–H groups in total. The monoisotopic (exact) mass is 419 g/mol. The van der Waals surface area contributed by atoms with E-state index in [9.17, 15) is 0 Å². The summed E-state index contributed by atoms with van der Waals surface area (Å²) in [5.74, 6) is 0. The lowest BCUT2D eigenvalue weighted by atomic mass is 10.0. The molecular weight excluding hydrogens is 360 g/mol. The number of unbranched alkanes of at least 4 members (excludes halogenated alkanes) is 24. The van der Waals surface area contributed by atoms with E-state index in [4.69, 9.17) is 0 Å². The van der Waals surface area contributed by atoms with Gasteiger partial charge in [0.25, 0.3) is 0 Å². The number of rotatable bonds is 26. The van der Waals surface area contributed by atoms with Crippen LogP contribution in [0.25, 0.3) is 0 Å². The molecule has 0 rings (SSSR count). The summed E-state index contributed by atoms with van der Waals surface area (Å²) in [5, 5.41) is 0. The lowest BCUT2D eigenvalue weighted by Crippen LogP contribution is -1.83. The molecule has 30 heavy (non-hydrogen) atoms. The van der Waals surface area contributed by atoms with Crippen molar-refractivity contribution in [1.29, 1.82) is 0 Å². The maximum absolute atomic E-state index is 3.92. The van der Waals surface area contributed by atoms with Crippen LogP contribution in [0.2, 0.25) is 0 Å². The van der Waals surface area contributed by atoms with E-state index < -0.39 is 0 Å². The second kappa shape index (κ2) is 28.7. The van der Waals surface area contributed by atoms with Crippen LogP contribution < -0.4 is 0 Å². The molecule has 0 bridgehead atoms. The Bertz CT molecular complexity index is 303. The van der Waals surface area contributed by atoms with E-state index in [1.165, 1.54) is 161 Å². The van der Waals surface area contributed by atoms with Crippen LogP contribution in [0.15, 0.2) is 12.2 Å². The molecule has 0 aliphatic heterocycles. The molecule has 0 atom stereocenters. The SMILES string of the molecule is [CH2]CCCCCCCCCCCCCCCCC/C=C/CCCCCCCCCC. The van der Waals surface area contributed by atoms with Crippen LogP contribution in [0, 0.1) is 6.92 Å². The van der Waals surface area contributed by atoms with E-state index in [1.807, 2.05) is 0 Å². The molecule has 0 heterocycles. The quantitative estimate of drug-likeness (QED) is 0.0965. The van der Waals surface area contributed by atoms with Crippen molar-refractivity contribution in [3.8, 4) is 0 Å². The Morgan fingerprint density at radius 2 is 0.633 bits per heavy atom. The molecule has 0 saturated heterocycles. The van der Waals surface area contributed by atoms with Gasteiger partial charge in [-0.3, -0.25) is 0 Å². The number of allylic oxidation sites excluding steroid dienone is 2. The van der Waals surface area contributed by atoms with Crippen molar-refractivity contribution < 1.29 is 0 Å². The van der Waals surface area contributed by atoms with Crippen LogP contribution in [0.3, 0.4) is 0 Å². The van der Waals surface area contributed by atoms with Gasteiger partial charge in [0.15, 0.2) is 0 Å². The van der Waals surface area contributed by atoms with Crippen molar-refractivity contribution in [1.82, 2.24) is 0 Å². The zero-order valence-corrected chi connectivity index (χ0v) is 21.2. The fourth-order valence-electron chi connectivity index (χ4n) is 4.37. The average Bonchev–Trinajstić information content (AvgIpc) is 2.76. The molecule has 0 aromatic carbocycles. The van der Waals surface area contributed by atoms with Crippen molar-refractivity contribution in [2.45, 2.75) is 174 Å². The maximum Gasteiger partial charge on any atom is -0.0351 e.